The number of nitrogens with zero attached hydrogens (tertiary/aromatic N) is 1. The van der Waals surface area contributed by atoms with Gasteiger partial charge in [0.25, 0.3) is 0 Å². The highest BCUT2D eigenvalue weighted by Crippen LogP contribution is 2.31. The Hall–Kier alpha value is -3.72. The smallest absolute Gasteiger partial charge is 0.243 e. The van der Waals surface area contributed by atoms with Gasteiger partial charge in [-0.05, 0) is 55.5 Å². The normalized spacial score (nSPS) is 15.8. The molecule has 0 bridgehead atoms. The van der Waals surface area contributed by atoms with Crippen LogP contribution in [0.4, 0.5) is 5.69 Å². The monoisotopic (exact) mass is 482 g/mol. The van der Waals surface area contributed by atoms with Crippen LogP contribution in [0.2, 0.25) is 0 Å². The van der Waals surface area contributed by atoms with Crippen LogP contribution in [-0.4, -0.2) is 45.9 Å². The van der Waals surface area contributed by atoms with Gasteiger partial charge in [-0.15, -0.1) is 0 Å². The molecule has 4 rings (SSSR count). The Morgan fingerprint density at radius 2 is 1.62 bits per heavy atom. The van der Waals surface area contributed by atoms with Gasteiger partial charge >= 0.3 is 0 Å². The zero-order valence-electron chi connectivity index (χ0n) is 18.9. The van der Waals surface area contributed by atoms with Crippen molar-refractivity contribution in [3.8, 4) is 23.0 Å². The number of ether oxygens (including phenoxy) is 3. The van der Waals surface area contributed by atoms with Gasteiger partial charge in [-0.25, -0.2) is 8.42 Å². The lowest BCUT2D eigenvalue weighted by atomic mass is 10.2. The van der Waals surface area contributed by atoms with E-state index in [0.29, 0.717) is 28.7 Å². The van der Waals surface area contributed by atoms with E-state index in [1.807, 2.05) is 48.5 Å². The van der Waals surface area contributed by atoms with Crippen LogP contribution in [0.15, 0.2) is 78.9 Å². The highest BCUT2D eigenvalue weighted by molar-refractivity contribution is 7.92. The second-order valence-electron chi connectivity index (χ2n) is 7.89. The van der Waals surface area contributed by atoms with E-state index in [1.54, 1.807) is 30.3 Å². The zero-order valence-corrected chi connectivity index (χ0v) is 19.7. The Kier molecular flexibility index (Phi) is 6.93. The molecule has 3 aromatic carbocycles. The van der Waals surface area contributed by atoms with Crippen LogP contribution in [0.1, 0.15) is 6.92 Å². The first kappa shape index (κ1) is 23.4. The van der Waals surface area contributed by atoms with Crippen molar-refractivity contribution in [2.24, 2.45) is 0 Å². The molecule has 8 nitrogen and oxygen atoms in total. The lowest BCUT2D eigenvalue weighted by Crippen LogP contribution is -2.50. The Bertz CT molecular complexity index is 1230. The molecule has 0 aromatic heterocycles. The average molecular weight is 483 g/mol. The van der Waals surface area contributed by atoms with Crippen LogP contribution in [0.3, 0.4) is 0 Å². The number of hydrogen-bond acceptors (Lipinski definition) is 6. The first-order valence-electron chi connectivity index (χ1n) is 10.8. The third-order valence-corrected chi connectivity index (χ3v) is 6.47. The molecule has 2 atom stereocenters. The number of anilines is 1. The van der Waals surface area contributed by atoms with Gasteiger partial charge in [0.1, 0.15) is 30.3 Å². The van der Waals surface area contributed by atoms with Gasteiger partial charge in [0.15, 0.2) is 11.5 Å². The quantitative estimate of drug-likeness (QED) is 0.527. The molecule has 0 spiro atoms. The number of para-hydroxylation sites is 3. The number of nitrogens with one attached hydrogen (secondary N) is 1. The molecule has 0 saturated heterocycles. The Morgan fingerprint density at radius 1 is 1.00 bits per heavy atom. The molecule has 1 amide bonds. The van der Waals surface area contributed by atoms with Gasteiger partial charge in [-0.2, -0.15) is 0 Å². The summed E-state index contributed by atoms with van der Waals surface area (Å²) in [6.07, 6.45) is 0.687. The fourth-order valence-electron chi connectivity index (χ4n) is 3.62. The van der Waals surface area contributed by atoms with Crippen LogP contribution >= 0.6 is 0 Å². The van der Waals surface area contributed by atoms with E-state index in [-0.39, 0.29) is 19.3 Å². The maximum Gasteiger partial charge on any atom is 0.243 e. The minimum absolute atomic E-state index is 0.180. The van der Waals surface area contributed by atoms with E-state index in [9.17, 15) is 13.2 Å². The number of hydrogen-bond donors (Lipinski definition) is 1. The van der Waals surface area contributed by atoms with Crippen LogP contribution in [-0.2, 0) is 14.8 Å². The molecule has 0 saturated carbocycles. The molecule has 0 aliphatic carbocycles. The van der Waals surface area contributed by atoms with Crippen molar-refractivity contribution in [1.82, 2.24) is 5.32 Å². The molecule has 3 aromatic rings. The number of carbonyl (C=O) groups is 1. The standard InChI is InChI=1S/C25H26N2O6S/c1-18(25(28)26-16-22-17-31-23-10-6-7-11-24(23)33-22)27(34(2,29)30)19-12-14-21(15-13-19)32-20-8-4-3-5-9-20/h3-15,18,22H,16-17H2,1-2H3,(H,26,28)/t18-,22-/m1/s1. The van der Waals surface area contributed by atoms with Crippen molar-refractivity contribution in [3.63, 3.8) is 0 Å². The third-order valence-electron chi connectivity index (χ3n) is 5.23. The SMILES string of the molecule is C[C@H](C(=O)NC[C@@H]1COc2ccccc2O1)N(c1ccc(Oc2ccccc2)cc1)S(C)(=O)=O. The molecule has 178 valence electrons. The first-order valence-corrected chi connectivity index (χ1v) is 12.6. The van der Waals surface area contributed by atoms with E-state index in [2.05, 4.69) is 5.32 Å². The maximum absolute atomic E-state index is 12.9. The molecule has 1 N–H and O–H groups in total. The van der Waals surface area contributed by atoms with E-state index in [4.69, 9.17) is 14.2 Å². The summed E-state index contributed by atoms with van der Waals surface area (Å²) in [6, 6.07) is 22.1. The number of benzene rings is 3. The van der Waals surface area contributed by atoms with Crippen molar-refractivity contribution in [1.29, 1.82) is 0 Å². The van der Waals surface area contributed by atoms with Crippen LogP contribution in [0, 0.1) is 0 Å². The van der Waals surface area contributed by atoms with Gasteiger partial charge in [0, 0.05) is 0 Å². The Morgan fingerprint density at radius 3 is 2.29 bits per heavy atom. The molecule has 1 heterocycles. The second-order valence-corrected chi connectivity index (χ2v) is 9.75. The summed E-state index contributed by atoms with van der Waals surface area (Å²) in [4.78, 5) is 12.9. The summed E-state index contributed by atoms with van der Waals surface area (Å²) in [5.74, 6) is 2.03. The number of fused-ring (bicyclic) bond motifs is 1. The van der Waals surface area contributed by atoms with E-state index in [1.165, 1.54) is 6.92 Å². The van der Waals surface area contributed by atoms with Crippen molar-refractivity contribution in [3.05, 3.63) is 78.9 Å². The molecule has 0 fully saturated rings. The summed E-state index contributed by atoms with van der Waals surface area (Å²) in [6.45, 7) is 2.00. The van der Waals surface area contributed by atoms with E-state index in [0.717, 1.165) is 10.6 Å². The van der Waals surface area contributed by atoms with Crippen molar-refractivity contribution < 1.29 is 27.4 Å². The van der Waals surface area contributed by atoms with Gasteiger partial charge in [0.2, 0.25) is 15.9 Å². The van der Waals surface area contributed by atoms with Crippen molar-refractivity contribution in [2.75, 3.05) is 23.7 Å². The fraction of sp³-hybridized carbons (Fsp3) is 0.240. The van der Waals surface area contributed by atoms with Crippen LogP contribution < -0.4 is 23.8 Å². The number of rotatable bonds is 8. The van der Waals surface area contributed by atoms with Gasteiger partial charge in [-0.1, -0.05) is 30.3 Å². The minimum Gasteiger partial charge on any atom is -0.486 e. The summed E-state index contributed by atoms with van der Waals surface area (Å²) < 4.78 is 43.5. The number of amides is 1. The second kappa shape index (κ2) is 10.0. The topological polar surface area (TPSA) is 94.2 Å². The predicted octanol–water partition coefficient (Wildman–Crippen LogP) is 3.59. The lowest BCUT2D eigenvalue weighted by molar-refractivity contribution is -0.122. The highest BCUT2D eigenvalue weighted by Gasteiger charge is 2.30. The maximum atomic E-state index is 12.9. The Balaban J connectivity index is 1.41. The molecule has 9 heteroatoms. The van der Waals surface area contributed by atoms with E-state index >= 15 is 0 Å². The van der Waals surface area contributed by atoms with Crippen molar-refractivity contribution >= 4 is 21.6 Å². The summed E-state index contributed by atoms with van der Waals surface area (Å²) in [5, 5.41) is 2.77. The van der Waals surface area contributed by atoms with Crippen molar-refractivity contribution in [2.45, 2.75) is 19.1 Å². The molecule has 1 aliphatic rings. The lowest BCUT2D eigenvalue weighted by Gasteiger charge is -2.30. The van der Waals surface area contributed by atoms with Gasteiger partial charge in [-0.3, -0.25) is 9.10 Å². The third kappa shape index (κ3) is 5.60. The number of sulfonamides is 1. The minimum atomic E-state index is -3.74. The molecule has 0 radical (unpaired) electrons. The fourth-order valence-corrected chi connectivity index (χ4v) is 4.80. The van der Waals surface area contributed by atoms with Crippen LogP contribution in [0.25, 0.3) is 0 Å². The van der Waals surface area contributed by atoms with Crippen LogP contribution in [0.5, 0.6) is 23.0 Å². The largest absolute Gasteiger partial charge is 0.486 e. The Labute approximate surface area is 199 Å². The first-order chi connectivity index (χ1) is 16.3. The zero-order chi connectivity index (χ0) is 24.1. The molecule has 1 aliphatic heterocycles. The number of carbonyl (C=O) groups excluding carboxylic acids is 1. The summed E-state index contributed by atoms with van der Waals surface area (Å²) in [5.41, 5.74) is 0.358. The van der Waals surface area contributed by atoms with Gasteiger partial charge in [0.05, 0.1) is 18.5 Å². The summed E-state index contributed by atoms with van der Waals surface area (Å²) in [7, 11) is -3.74. The molecule has 0 unspecified atom stereocenters. The molecular weight excluding hydrogens is 456 g/mol. The predicted molar refractivity (Wildman–Crippen MR) is 129 cm³/mol. The summed E-state index contributed by atoms with van der Waals surface area (Å²) >= 11 is 0. The molecular formula is C25H26N2O6S. The van der Waals surface area contributed by atoms with E-state index < -0.39 is 22.0 Å². The average Bonchev–Trinajstić information content (AvgIpc) is 2.83. The highest BCUT2D eigenvalue weighted by atomic mass is 32.2. The van der Waals surface area contributed by atoms with Gasteiger partial charge < -0.3 is 19.5 Å². The molecule has 34 heavy (non-hydrogen) atoms.